The van der Waals surface area contributed by atoms with Gasteiger partial charge in [-0.15, -0.1) is 0 Å². The minimum absolute atomic E-state index is 0.139. The molecule has 2 fully saturated rings. The van der Waals surface area contributed by atoms with Crippen LogP contribution in [0, 0.1) is 20.2 Å². The summed E-state index contributed by atoms with van der Waals surface area (Å²) in [6.07, 6.45) is -14.1. The van der Waals surface area contributed by atoms with E-state index in [4.69, 9.17) is 35.4 Å². The molecule has 17 heteroatoms. The minimum atomic E-state index is -1.59. The largest absolute Gasteiger partial charge is 0.394 e. The Morgan fingerprint density at radius 1 is 0.639 bits per heavy atom. The van der Waals surface area contributed by atoms with Crippen LogP contribution in [0.25, 0.3) is 0 Å². The third-order valence-electron chi connectivity index (χ3n) is 5.68. The van der Waals surface area contributed by atoms with Gasteiger partial charge < -0.3 is 55.4 Å². The van der Waals surface area contributed by atoms with Gasteiger partial charge in [0.25, 0.3) is 11.4 Å². The van der Waals surface area contributed by atoms with E-state index in [-0.39, 0.29) is 12.0 Å². The van der Waals surface area contributed by atoms with Crippen LogP contribution in [0.1, 0.15) is 5.56 Å². The van der Waals surface area contributed by atoms with Crippen LogP contribution in [0.3, 0.4) is 0 Å². The van der Waals surface area contributed by atoms with E-state index in [1.54, 1.807) is 0 Å². The molecule has 5 unspecified atom stereocenters. The Morgan fingerprint density at radius 3 is 1.50 bits per heavy atom. The average Bonchev–Trinajstić information content (AvgIpc) is 2.85. The lowest BCUT2D eigenvalue weighted by Gasteiger charge is -2.40. The highest BCUT2D eigenvalue weighted by Crippen LogP contribution is 2.28. The molecular weight excluding hydrogens is 496 g/mol. The van der Waals surface area contributed by atoms with Crippen LogP contribution in [0.5, 0.6) is 0 Å². The van der Waals surface area contributed by atoms with Crippen molar-refractivity contribution in [3.8, 4) is 0 Å². The number of aliphatic hydroxyl groups excluding tert-OH is 9. The molecule has 1 aromatic rings. The number of aliphatic hydroxyl groups is 9. The predicted molar refractivity (Wildman–Crippen MR) is 113 cm³/mol. The standard InChI is InChI=1S/C13H16N2O9.C6H12O6/c16-5-10-12(18)13(19)11(17)9(24-10)3-6-1-7(14(20)21)4-8(2-6)15(22)23;7-1-2-3(8)4(9)5(10)6(11)12-2/h1-2,4,9-13,16-19H,3,5H2;2-11H,1H2/t9-,10?,11?,12+,13+;2?,3-,4+,5?,6?/m01/s1. The Balaban J connectivity index is 0.000000319. The molecule has 2 aliphatic heterocycles. The SMILES string of the molecule is O=[N+]([O-])c1cc(C[C@@H]2OC(CO)[C@@H](O)[C@H](O)C2O)cc([N+](=O)[O-])c1.OCC1OC(O)C(O)[C@@H](O)[C@@H]1O. The van der Waals surface area contributed by atoms with Crippen LogP contribution in [-0.2, 0) is 15.9 Å². The third-order valence-corrected chi connectivity index (χ3v) is 5.68. The van der Waals surface area contributed by atoms with Gasteiger partial charge in [-0.3, -0.25) is 20.2 Å². The summed E-state index contributed by atoms with van der Waals surface area (Å²) in [5.41, 5.74) is -0.854. The molecule has 0 radical (unpaired) electrons. The maximum atomic E-state index is 10.9. The number of hydrogen-bond donors (Lipinski definition) is 9. The lowest BCUT2D eigenvalue weighted by atomic mass is 9.91. The summed E-state index contributed by atoms with van der Waals surface area (Å²) in [5, 5.41) is 105. The second kappa shape index (κ2) is 12.7. The Hall–Kier alpha value is -2.42. The number of ether oxygens (including phenoxy) is 2. The lowest BCUT2D eigenvalue weighted by Crippen LogP contribution is -2.59. The summed E-state index contributed by atoms with van der Waals surface area (Å²) >= 11 is 0. The first kappa shape index (κ1) is 29.8. The highest BCUT2D eigenvalue weighted by Gasteiger charge is 2.44. The van der Waals surface area contributed by atoms with Gasteiger partial charge in [0, 0.05) is 18.6 Å². The monoisotopic (exact) mass is 524 g/mol. The van der Waals surface area contributed by atoms with Gasteiger partial charge >= 0.3 is 0 Å². The van der Waals surface area contributed by atoms with Crippen LogP contribution in [0.15, 0.2) is 18.2 Å². The summed E-state index contributed by atoms with van der Waals surface area (Å²) < 4.78 is 9.86. The molecule has 3 rings (SSSR count). The molecule has 36 heavy (non-hydrogen) atoms. The first-order valence-corrected chi connectivity index (χ1v) is 10.5. The van der Waals surface area contributed by atoms with Crippen LogP contribution in [0.4, 0.5) is 11.4 Å². The molecular formula is C19H28N2O15. The Bertz CT molecular complexity index is 865. The Kier molecular flexibility index (Phi) is 10.5. The van der Waals surface area contributed by atoms with Crippen molar-refractivity contribution in [3.05, 3.63) is 44.0 Å². The molecule has 0 amide bonds. The summed E-state index contributed by atoms with van der Waals surface area (Å²) in [5.74, 6) is 0. The Morgan fingerprint density at radius 2 is 1.06 bits per heavy atom. The van der Waals surface area contributed by atoms with Gasteiger partial charge in [0.1, 0.15) is 48.8 Å². The van der Waals surface area contributed by atoms with Crippen molar-refractivity contribution in [1.29, 1.82) is 0 Å². The van der Waals surface area contributed by atoms with E-state index >= 15 is 0 Å². The van der Waals surface area contributed by atoms with E-state index in [1.165, 1.54) is 0 Å². The van der Waals surface area contributed by atoms with Crippen molar-refractivity contribution < 1.29 is 65.3 Å². The molecule has 0 aliphatic carbocycles. The fourth-order valence-electron chi connectivity index (χ4n) is 3.65. The normalized spacial score (nSPS) is 36.5. The van der Waals surface area contributed by atoms with E-state index in [2.05, 4.69) is 4.74 Å². The van der Waals surface area contributed by atoms with Gasteiger partial charge in [-0.05, 0) is 5.56 Å². The van der Waals surface area contributed by atoms with Gasteiger partial charge in [-0.25, -0.2) is 0 Å². The van der Waals surface area contributed by atoms with Crippen LogP contribution in [0.2, 0.25) is 0 Å². The van der Waals surface area contributed by atoms with Crippen LogP contribution >= 0.6 is 0 Å². The molecule has 1 aromatic carbocycles. The van der Waals surface area contributed by atoms with Gasteiger partial charge in [0.2, 0.25) is 0 Å². The zero-order valence-corrected chi connectivity index (χ0v) is 18.5. The van der Waals surface area contributed by atoms with Crippen LogP contribution in [-0.4, -0.2) is 130 Å². The maximum absolute atomic E-state index is 10.9. The molecule has 0 spiro atoms. The molecule has 10 atom stereocenters. The summed E-state index contributed by atoms with van der Waals surface area (Å²) in [6.45, 7) is -1.14. The third kappa shape index (κ3) is 6.87. The van der Waals surface area contributed by atoms with Crippen molar-refractivity contribution >= 4 is 11.4 Å². The molecule has 204 valence electrons. The first-order valence-electron chi connectivity index (χ1n) is 10.5. The minimum Gasteiger partial charge on any atom is -0.394 e. The quantitative estimate of drug-likeness (QED) is 0.126. The van der Waals surface area contributed by atoms with Gasteiger partial charge in [-0.2, -0.15) is 0 Å². The number of non-ortho nitro benzene ring substituents is 2. The Labute approximate surface area is 202 Å². The number of nitrogens with zero attached hydrogens (tertiary/aromatic N) is 2. The number of benzene rings is 1. The van der Waals surface area contributed by atoms with Gasteiger partial charge in [0.05, 0.1) is 35.2 Å². The van der Waals surface area contributed by atoms with Crippen LogP contribution < -0.4 is 0 Å². The molecule has 0 bridgehead atoms. The van der Waals surface area contributed by atoms with E-state index in [0.29, 0.717) is 0 Å². The smallest absolute Gasteiger partial charge is 0.276 e. The van der Waals surface area contributed by atoms with E-state index < -0.39 is 95.7 Å². The zero-order chi connectivity index (χ0) is 27.3. The molecule has 17 nitrogen and oxygen atoms in total. The number of nitro groups is 2. The molecule has 9 N–H and O–H groups in total. The first-order chi connectivity index (χ1) is 16.8. The lowest BCUT2D eigenvalue weighted by molar-refractivity contribution is -0.394. The van der Waals surface area contributed by atoms with Crippen molar-refractivity contribution in [2.24, 2.45) is 0 Å². The second-order valence-corrected chi connectivity index (χ2v) is 8.16. The maximum Gasteiger partial charge on any atom is 0.276 e. The van der Waals surface area contributed by atoms with E-state index in [1.807, 2.05) is 0 Å². The van der Waals surface area contributed by atoms with Crippen molar-refractivity contribution in [2.45, 2.75) is 67.6 Å². The fraction of sp³-hybridized carbons (Fsp3) is 0.684. The zero-order valence-electron chi connectivity index (χ0n) is 18.5. The molecule has 0 saturated carbocycles. The summed E-state index contributed by atoms with van der Waals surface area (Å²) in [6, 6.07) is 2.99. The number of hydrogen-bond acceptors (Lipinski definition) is 15. The fourth-order valence-corrected chi connectivity index (χ4v) is 3.65. The molecule has 2 heterocycles. The second-order valence-electron chi connectivity index (χ2n) is 8.16. The summed E-state index contributed by atoms with van der Waals surface area (Å²) in [7, 11) is 0. The van der Waals surface area contributed by atoms with E-state index in [9.17, 15) is 35.5 Å². The average molecular weight is 524 g/mol. The summed E-state index contributed by atoms with van der Waals surface area (Å²) in [4.78, 5) is 20.2. The van der Waals surface area contributed by atoms with Crippen molar-refractivity contribution in [2.75, 3.05) is 13.2 Å². The van der Waals surface area contributed by atoms with Gasteiger partial charge in [-0.1, -0.05) is 0 Å². The topological polar surface area (TPSA) is 287 Å². The number of nitro benzene ring substituents is 2. The molecule has 2 saturated heterocycles. The van der Waals surface area contributed by atoms with Crippen molar-refractivity contribution in [1.82, 2.24) is 0 Å². The van der Waals surface area contributed by atoms with E-state index in [0.717, 1.165) is 18.2 Å². The predicted octanol–water partition coefficient (Wildman–Crippen LogP) is -4.33. The highest BCUT2D eigenvalue weighted by atomic mass is 16.6. The number of rotatable bonds is 6. The van der Waals surface area contributed by atoms with Crippen molar-refractivity contribution in [3.63, 3.8) is 0 Å². The molecule has 2 aliphatic rings. The highest BCUT2D eigenvalue weighted by molar-refractivity contribution is 5.46. The molecule has 0 aromatic heterocycles. The van der Waals surface area contributed by atoms with Gasteiger partial charge in [0.15, 0.2) is 6.29 Å².